The van der Waals surface area contributed by atoms with Crippen LogP contribution in [0, 0.1) is 22.7 Å². The summed E-state index contributed by atoms with van der Waals surface area (Å²) in [6.07, 6.45) is 0. The lowest BCUT2D eigenvalue weighted by Crippen LogP contribution is -2.10. The predicted octanol–water partition coefficient (Wildman–Crippen LogP) is 10.1. The SMILES string of the molecule is CC(C)(C)c1ccc2c(c1)c1c3ccccc3ccc1n2-c1cc(C#N)c(-n2c3ccccc3c3ccccc32)cc1C#N. The van der Waals surface area contributed by atoms with Crippen molar-refractivity contribution in [3.63, 3.8) is 0 Å². The summed E-state index contributed by atoms with van der Waals surface area (Å²) < 4.78 is 4.28. The van der Waals surface area contributed by atoms with E-state index in [1.165, 1.54) is 16.3 Å². The second-order valence-corrected chi connectivity index (χ2v) is 12.5. The van der Waals surface area contributed by atoms with E-state index < -0.39 is 0 Å². The first kappa shape index (κ1) is 25.8. The van der Waals surface area contributed by atoms with E-state index in [1.807, 2.05) is 36.4 Å². The van der Waals surface area contributed by atoms with Gasteiger partial charge < -0.3 is 9.13 Å². The maximum absolute atomic E-state index is 10.6. The van der Waals surface area contributed by atoms with Gasteiger partial charge in [-0.05, 0) is 64.2 Å². The fraction of sp³-hybridized carbons (Fsp3) is 0.100. The highest BCUT2D eigenvalue weighted by molar-refractivity contribution is 6.21. The molecule has 2 aromatic heterocycles. The summed E-state index contributed by atoms with van der Waals surface area (Å²) in [5, 5.41) is 28.1. The molecule has 2 heterocycles. The van der Waals surface area contributed by atoms with Crippen molar-refractivity contribution in [1.82, 2.24) is 9.13 Å². The molecule has 0 aliphatic carbocycles. The van der Waals surface area contributed by atoms with Gasteiger partial charge in [0.1, 0.15) is 12.1 Å². The molecule has 0 aliphatic rings. The molecule has 4 nitrogen and oxygen atoms in total. The van der Waals surface area contributed by atoms with E-state index in [4.69, 9.17) is 0 Å². The number of nitriles is 2. The number of benzene rings is 6. The maximum atomic E-state index is 10.6. The van der Waals surface area contributed by atoms with Gasteiger partial charge in [-0.15, -0.1) is 0 Å². The third-order valence-electron chi connectivity index (χ3n) is 8.94. The summed E-state index contributed by atoms with van der Waals surface area (Å²) in [6.45, 7) is 6.68. The van der Waals surface area contributed by atoms with Crippen LogP contribution in [0.1, 0.15) is 37.5 Å². The fourth-order valence-electron chi connectivity index (χ4n) is 6.82. The molecule has 8 aromatic rings. The first-order chi connectivity index (χ1) is 21.4. The van der Waals surface area contributed by atoms with Crippen LogP contribution >= 0.6 is 0 Å². The average Bonchev–Trinajstić information content (AvgIpc) is 3.56. The number of para-hydroxylation sites is 2. The lowest BCUT2D eigenvalue weighted by Gasteiger charge is -2.19. The summed E-state index contributed by atoms with van der Waals surface area (Å²) >= 11 is 0. The molecule has 6 aromatic carbocycles. The van der Waals surface area contributed by atoms with E-state index in [9.17, 15) is 10.5 Å². The van der Waals surface area contributed by atoms with Gasteiger partial charge in [0.05, 0.1) is 44.6 Å². The molecule has 0 aliphatic heterocycles. The molecule has 8 rings (SSSR count). The molecule has 4 heteroatoms. The second kappa shape index (κ2) is 9.33. The van der Waals surface area contributed by atoms with Crippen molar-refractivity contribution >= 4 is 54.4 Å². The van der Waals surface area contributed by atoms with Gasteiger partial charge in [-0.1, -0.05) is 93.6 Å². The van der Waals surface area contributed by atoms with E-state index in [2.05, 4.69) is 121 Å². The van der Waals surface area contributed by atoms with Crippen molar-refractivity contribution in [2.45, 2.75) is 26.2 Å². The predicted molar refractivity (Wildman–Crippen MR) is 181 cm³/mol. The van der Waals surface area contributed by atoms with Crippen LogP contribution in [0.25, 0.3) is 65.8 Å². The Labute approximate surface area is 255 Å². The number of hydrogen-bond donors (Lipinski definition) is 0. The molecular weight excluding hydrogens is 536 g/mol. The van der Waals surface area contributed by atoms with Crippen molar-refractivity contribution in [3.8, 4) is 23.5 Å². The van der Waals surface area contributed by atoms with E-state index in [-0.39, 0.29) is 5.41 Å². The molecule has 208 valence electrons. The van der Waals surface area contributed by atoms with Crippen LogP contribution < -0.4 is 0 Å². The van der Waals surface area contributed by atoms with Crippen LogP contribution in [0.4, 0.5) is 0 Å². The highest BCUT2D eigenvalue weighted by Gasteiger charge is 2.23. The van der Waals surface area contributed by atoms with E-state index in [0.29, 0.717) is 22.5 Å². The third-order valence-corrected chi connectivity index (χ3v) is 8.94. The normalized spacial score (nSPS) is 11.9. The fourth-order valence-corrected chi connectivity index (χ4v) is 6.82. The first-order valence-corrected chi connectivity index (χ1v) is 14.8. The Bertz CT molecular complexity index is 2500. The zero-order valence-corrected chi connectivity index (χ0v) is 24.8. The Morgan fingerprint density at radius 3 is 1.59 bits per heavy atom. The van der Waals surface area contributed by atoms with Crippen LogP contribution in [-0.4, -0.2) is 9.13 Å². The van der Waals surface area contributed by atoms with Gasteiger partial charge in [0, 0.05) is 21.5 Å². The molecule has 0 saturated heterocycles. The zero-order valence-electron chi connectivity index (χ0n) is 24.8. The van der Waals surface area contributed by atoms with Crippen LogP contribution in [0.5, 0.6) is 0 Å². The van der Waals surface area contributed by atoms with Gasteiger partial charge in [-0.25, -0.2) is 0 Å². The van der Waals surface area contributed by atoms with Crippen molar-refractivity contribution < 1.29 is 0 Å². The van der Waals surface area contributed by atoms with Gasteiger partial charge in [0.25, 0.3) is 0 Å². The average molecular weight is 565 g/mol. The van der Waals surface area contributed by atoms with Crippen LogP contribution in [0.2, 0.25) is 0 Å². The Morgan fingerprint density at radius 1 is 0.500 bits per heavy atom. The monoisotopic (exact) mass is 564 g/mol. The minimum Gasteiger partial charge on any atom is -0.308 e. The van der Waals surface area contributed by atoms with Crippen molar-refractivity contribution in [3.05, 3.63) is 132 Å². The van der Waals surface area contributed by atoms with Crippen LogP contribution in [-0.2, 0) is 5.41 Å². The number of fused-ring (bicyclic) bond motifs is 8. The first-order valence-electron chi connectivity index (χ1n) is 14.8. The molecule has 0 atom stereocenters. The topological polar surface area (TPSA) is 57.4 Å². The van der Waals surface area contributed by atoms with Crippen LogP contribution in [0.3, 0.4) is 0 Å². The second-order valence-electron chi connectivity index (χ2n) is 12.5. The molecule has 0 spiro atoms. The van der Waals surface area contributed by atoms with Gasteiger partial charge in [0.2, 0.25) is 0 Å². The number of rotatable bonds is 2. The van der Waals surface area contributed by atoms with E-state index in [0.717, 1.165) is 43.6 Å². The Morgan fingerprint density at radius 2 is 1.00 bits per heavy atom. The Balaban J connectivity index is 1.49. The summed E-state index contributed by atoms with van der Waals surface area (Å²) in [5.74, 6) is 0. The highest BCUT2D eigenvalue weighted by atomic mass is 15.0. The van der Waals surface area contributed by atoms with E-state index in [1.54, 1.807) is 0 Å². The van der Waals surface area contributed by atoms with Gasteiger partial charge in [0.15, 0.2) is 0 Å². The van der Waals surface area contributed by atoms with E-state index >= 15 is 0 Å². The number of nitrogens with zero attached hydrogens (tertiary/aromatic N) is 4. The summed E-state index contributed by atoms with van der Waals surface area (Å²) in [5.41, 5.74) is 7.66. The summed E-state index contributed by atoms with van der Waals surface area (Å²) in [6, 6.07) is 44.6. The minimum atomic E-state index is -0.0249. The van der Waals surface area contributed by atoms with Gasteiger partial charge in [-0.3, -0.25) is 0 Å². The molecule has 0 radical (unpaired) electrons. The summed E-state index contributed by atoms with van der Waals surface area (Å²) in [4.78, 5) is 0. The quantitative estimate of drug-likeness (QED) is 0.210. The lowest BCUT2D eigenvalue weighted by atomic mass is 9.86. The lowest BCUT2D eigenvalue weighted by molar-refractivity contribution is 0.591. The molecule has 44 heavy (non-hydrogen) atoms. The highest BCUT2D eigenvalue weighted by Crippen LogP contribution is 2.41. The Kier molecular flexibility index (Phi) is 5.48. The summed E-state index contributed by atoms with van der Waals surface area (Å²) in [7, 11) is 0. The van der Waals surface area contributed by atoms with Crippen molar-refractivity contribution in [1.29, 1.82) is 10.5 Å². The van der Waals surface area contributed by atoms with Crippen molar-refractivity contribution in [2.75, 3.05) is 0 Å². The van der Waals surface area contributed by atoms with Crippen molar-refractivity contribution in [2.24, 2.45) is 0 Å². The van der Waals surface area contributed by atoms with Gasteiger partial charge >= 0.3 is 0 Å². The minimum absolute atomic E-state index is 0.0249. The molecule has 0 unspecified atom stereocenters. The Hall–Kier alpha value is -5.84. The molecular formula is C40H28N4. The number of hydrogen-bond acceptors (Lipinski definition) is 2. The molecule has 0 N–H and O–H groups in total. The maximum Gasteiger partial charge on any atom is 0.101 e. The van der Waals surface area contributed by atoms with Gasteiger partial charge in [-0.2, -0.15) is 10.5 Å². The molecule has 0 saturated carbocycles. The molecule has 0 amide bonds. The largest absolute Gasteiger partial charge is 0.308 e. The zero-order chi connectivity index (χ0) is 30.2. The number of aromatic nitrogens is 2. The molecule has 0 fully saturated rings. The van der Waals surface area contributed by atoms with Crippen LogP contribution in [0.15, 0.2) is 115 Å². The standard InChI is InChI=1S/C40H28N4/c1-40(2,3)28-17-19-35-32(22-28)39-29-11-5-4-10-25(29)16-18-36(39)44(35)38-21-26(23-41)37(20-27(38)24-42)43-33-14-8-6-12-30(33)31-13-7-9-15-34(31)43/h4-22H,1-3H3. The smallest absolute Gasteiger partial charge is 0.101 e. The third kappa shape index (κ3) is 3.62. The molecule has 0 bridgehead atoms.